The molecule has 7 nitrogen and oxygen atoms in total. The first kappa shape index (κ1) is 20.1. The normalized spacial score (nSPS) is 17.2. The van der Waals surface area contributed by atoms with Crippen molar-refractivity contribution in [3.8, 4) is 0 Å². The number of nitrogens with one attached hydrogen (secondary N) is 1. The number of amides is 1. The maximum atomic E-state index is 12.7. The van der Waals surface area contributed by atoms with Crippen LogP contribution in [0.15, 0.2) is 66.0 Å². The predicted molar refractivity (Wildman–Crippen MR) is 117 cm³/mol. The van der Waals surface area contributed by atoms with Crippen LogP contribution in [0.25, 0.3) is 0 Å². The second-order valence-electron chi connectivity index (χ2n) is 7.94. The monoisotopic (exact) mass is 404 g/mol. The second-order valence-corrected chi connectivity index (χ2v) is 7.94. The molecular weight excluding hydrogens is 376 g/mol. The highest BCUT2D eigenvalue weighted by atomic mass is 16.1. The first-order valence-electron chi connectivity index (χ1n) is 10.5. The van der Waals surface area contributed by atoms with Gasteiger partial charge in [0.25, 0.3) is 5.91 Å². The van der Waals surface area contributed by atoms with E-state index in [1.165, 1.54) is 5.57 Å². The molecule has 1 amide bonds. The number of piperazine rings is 1. The number of carbonyl (C=O) groups excluding carboxylic acids is 1. The maximum Gasteiger partial charge on any atom is 0.274 e. The molecule has 0 spiro atoms. The van der Waals surface area contributed by atoms with Crippen LogP contribution in [0.3, 0.4) is 0 Å². The summed E-state index contributed by atoms with van der Waals surface area (Å²) in [5, 5.41) is 3.14. The standard InChI is InChI=1S/C23H28N6O/c1-17(2)18-6-7-19(27-23(30)20-5-3-4-8-25-20)21(15-18)28-11-13-29(14-12-28)22-16-24-9-10-26-22/h3-5,8-10,15-17H,6-7,11-14H2,1-2H3,(H,27,30). The molecule has 4 rings (SSSR count). The van der Waals surface area contributed by atoms with Crippen LogP contribution in [-0.4, -0.2) is 51.9 Å². The summed E-state index contributed by atoms with van der Waals surface area (Å²) in [7, 11) is 0. The van der Waals surface area contributed by atoms with E-state index in [2.05, 4.69) is 50.0 Å². The van der Waals surface area contributed by atoms with Gasteiger partial charge in [-0.25, -0.2) is 4.98 Å². The van der Waals surface area contributed by atoms with Gasteiger partial charge < -0.3 is 15.1 Å². The lowest BCUT2D eigenvalue weighted by Gasteiger charge is -2.39. The third-order valence-corrected chi connectivity index (χ3v) is 5.69. The fourth-order valence-corrected chi connectivity index (χ4v) is 3.93. The summed E-state index contributed by atoms with van der Waals surface area (Å²) in [5.41, 5.74) is 3.99. The van der Waals surface area contributed by atoms with Gasteiger partial charge in [0.15, 0.2) is 0 Å². The van der Waals surface area contributed by atoms with E-state index in [9.17, 15) is 4.79 Å². The number of pyridine rings is 1. The van der Waals surface area contributed by atoms with Gasteiger partial charge in [-0.3, -0.25) is 14.8 Å². The van der Waals surface area contributed by atoms with Crippen LogP contribution in [0.1, 0.15) is 37.2 Å². The van der Waals surface area contributed by atoms with Gasteiger partial charge in [-0.05, 0) is 37.0 Å². The molecule has 30 heavy (non-hydrogen) atoms. The third-order valence-electron chi connectivity index (χ3n) is 5.69. The average Bonchev–Trinajstić information content (AvgIpc) is 2.80. The number of hydrogen-bond acceptors (Lipinski definition) is 6. The Balaban J connectivity index is 1.54. The highest BCUT2D eigenvalue weighted by molar-refractivity contribution is 5.93. The fourth-order valence-electron chi connectivity index (χ4n) is 3.93. The van der Waals surface area contributed by atoms with E-state index in [0.717, 1.165) is 56.2 Å². The van der Waals surface area contributed by atoms with Crippen molar-refractivity contribution in [1.29, 1.82) is 0 Å². The smallest absolute Gasteiger partial charge is 0.274 e. The summed E-state index contributed by atoms with van der Waals surface area (Å²) < 4.78 is 0. The molecule has 1 N–H and O–H groups in total. The molecule has 2 aromatic rings. The van der Waals surface area contributed by atoms with Crippen LogP contribution in [0.2, 0.25) is 0 Å². The summed E-state index contributed by atoms with van der Waals surface area (Å²) in [5.74, 6) is 1.26. The van der Waals surface area contributed by atoms with Gasteiger partial charge in [-0.1, -0.05) is 25.5 Å². The summed E-state index contributed by atoms with van der Waals surface area (Å²) in [6.45, 7) is 7.94. The van der Waals surface area contributed by atoms with Crippen LogP contribution in [0.4, 0.5) is 5.82 Å². The molecule has 156 valence electrons. The lowest BCUT2D eigenvalue weighted by molar-refractivity contribution is 0.0958. The molecule has 1 aliphatic carbocycles. The van der Waals surface area contributed by atoms with Gasteiger partial charge in [0, 0.05) is 50.5 Å². The van der Waals surface area contributed by atoms with Crippen LogP contribution >= 0.6 is 0 Å². The topological polar surface area (TPSA) is 74.2 Å². The number of hydrogen-bond donors (Lipinski definition) is 1. The van der Waals surface area contributed by atoms with Gasteiger partial charge in [0.1, 0.15) is 11.5 Å². The molecule has 0 radical (unpaired) electrons. The SMILES string of the molecule is CC(C)C1=CC(N2CCN(c3cnccn3)CC2)=C(NC(=O)c2ccccn2)CC1. The van der Waals surface area contributed by atoms with Crippen molar-refractivity contribution in [2.75, 3.05) is 31.1 Å². The first-order valence-corrected chi connectivity index (χ1v) is 10.5. The van der Waals surface area contributed by atoms with Crippen molar-refractivity contribution >= 4 is 11.7 Å². The van der Waals surface area contributed by atoms with Crippen LogP contribution in [0.5, 0.6) is 0 Å². The molecule has 2 aromatic heterocycles. The molecule has 7 heteroatoms. The van der Waals surface area contributed by atoms with E-state index in [1.807, 2.05) is 18.3 Å². The maximum absolute atomic E-state index is 12.7. The number of carbonyl (C=O) groups is 1. The molecule has 0 bridgehead atoms. The summed E-state index contributed by atoms with van der Waals surface area (Å²) in [4.78, 5) is 30.1. The average molecular weight is 405 g/mol. The fraction of sp³-hybridized carbons (Fsp3) is 0.391. The Bertz CT molecular complexity index is 931. The van der Waals surface area contributed by atoms with E-state index in [0.29, 0.717) is 11.6 Å². The minimum atomic E-state index is -0.150. The van der Waals surface area contributed by atoms with Crippen LogP contribution in [-0.2, 0) is 0 Å². The molecule has 0 aromatic carbocycles. The predicted octanol–water partition coefficient (Wildman–Crippen LogP) is 3.01. The van der Waals surface area contributed by atoms with Gasteiger partial charge in [0.05, 0.1) is 11.9 Å². The van der Waals surface area contributed by atoms with E-state index in [4.69, 9.17) is 0 Å². The highest BCUT2D eigenvalue weighted by Gasteiger charge is 2.25. The highest BCUT2D eigenvalue weighted by Crippen LogP contribution is 2.30. The molecule has 2 aliphatic rings. The van der Waals surface area contributed by atoms with E-state index < -0.39 is 0 Å². The van der Waals surface area contributed by atoms with E-state index in [-0.39, 0.29) is 5.91 Å². The van der Waals surface area contributed by atoms with Gasteiger partial charge in [0.2, 0.25) is 0 Å². The van der Waals surface area contributed by atoms with E-state index >= 15 is 0 Å². The summed E-state index contributed by atoms with van der Waals surface area (Å²) >= 11 is 0. The number of rotatable bonds is 5. The number of nitrogens with zero attached hydrogens (tertiary/aromatic N) is 5. The van der Waals surface area contributed by atoms with Crippen LogP contribution < -0.4 is 10.2 Å². The van der Waals surface area contributed by atoms with Crippen molar-refractivity contribution < 1.29 is 4.79 Å². The van der Waals surface area contributed by atoms with Crippen LogP contribution in [0, 0.1) is 5.92 Å². The molecule has 0 saturated carbocycles. The molecule has 1 fully saturated rings. The number of anilines is 1. The van der Waals surface area contributed by atoms with Gasteiger partial charge in [-0.15, -0.1) is 0 Å². The summed E-state index contributed by atoms with van der Waals surface area (Å²) in [6.07, 6.45) is 11.0. The largest absolute Gasteiger partial charge is 0.367 e. The molecule has 1 aliphatic heterocycles. The van der Waals surface area contributed by atoms with Crippen molar-refractivity contribution in [3.05, 3.63) is 71.7 Å². The van der Waals surface area contributed by atoms with Crippen molar-refractivity contribution in [3.63, 3.8) is 0 Å². The zero-order valence-electron chi connectivity index (χ0n) is 17.6. The Hall–Kier alpha value is -3.22. The second kappa shape index (κ2) is 9.07. The molecule has 0 unspecified atom stereocenters. The number of aromatic nitrogens is 3. The Labute approximate surface area is 177 Å². The van der Waals surface area contributed by atoms with Gasteiger partial charge in [-0.2, -0.15) is 0 Å². The Morgan fingerprint density at radius 2 is 1.80 bits per heavy atom. The van der Waals surface area contributed by atoms with E-state index in [1.54, 1.807) is 24.7 Å². The summed E-state index contributed by atoms with van der Waals surface area (Å²) in [6, 6.07) is 5.39. The zero-order valence-corrected chi connectivity index (χ0v) is 17.6. The number of allylic oxidation sites excluding steroid dienone is 3. The van der Waals surface area contributed by atoms with Crippen molar-refractivity contribution in [2.45, 2.75) is 26.7 Å². The minimum absolute atomic E-state index is 0.150. The molecule has 0 atom stereocenters. The van der Waals surface area contributed by atoms with Gasteiger partial charge >= 0.3 is 0 Å². The Kier molecular flexibility index (Phi) is 6.07. The van der Waals surface area contributed by atoms with Crippen molar-refractivity contribution in [2.24, 2.45) is 5.92 Å². The lowest BCUT2D eigenvalue weighted by atomic mass is 9.91. The first-order chi connectivity index (χ1) is 14.6. The zero-order chi connectivity index (χ0) is 20.9. The Morgan fingerprint density at radius 1 is 1.00 bits per heavy atom. The molecular formula is C23H28N6O. The minimum Gasteiger partial charge on any atom is -0.367 e. The third kappa shape index (κ3) is 4.50. The lowest BCUT2D eigenvalue weighted by Crippen LogP contribution is -2.47. The van der Waals surface area contributed by atoms with Crippen molar-refractivity contribution in [1.82, 2.24) is 25.2 Å². The quantitative estimate of drug-likeness (QED) is 0.826. The molecule has 1 saturated heterocycles. The Morgan fingerprint density at radius 3 is 2.47 bits per heavy atom. The molecule has 3 heterocycles.